The van der Waals surface area contributed by atoms with Gasteiger partial charge in [0.1, 0.15) is 5.82 Å². The average Bonchev–Trinajstić information content (AvgIpc) is 3.49. The van der Waals surface area contributed by atoms with Crippen LogP contribution in [0.25, 0.3) is 11.5 Å². The molecule has 1 aliphatic heterocycles. The number of fused-ring (bicyclic) bond motifs is 3. The molecular formula is C32H31N5O. The molecule has 0 radical (unpaired) electrons. The van der Waals surface area contributed by atoms with Gasteiger partial charge in [0, 0.05) is 17.4 Å². The minimum atomic E-state index is -0.283. The first-order valence-corrected chi connectivity index (χ1v) is 13.1. The Morgan fingerprint density at radius 2 is 1.74 bits per heavy atom. The second-order valence-electron chi connectivity index (χ2n) is 9.82. The predicted octanol–water partition coefficient (Wildman–Crippen LogP) is 6.98. The van der Waals surface area contributed by atoms with Crippen LogP contribution in [0.4, 0.5) is 10.5 Å². The van der Waals surface area contributed by atoms with Crippen molar-refractivity contribution in [2.45, 2.75) is 39.8 Å². The quantitative estimate of drug-likeness (QED) is 0.289. The van der Waals surface area contributed by atoms with Gasteiger partial charge in [-0.05, 0) is 61.7 Å². The number of benzene rings is 3. The van der Waals surface area contributed by atoms with Crippen molar-refractivity contribution in [3.05, 3.63) is 131 Å². The largest absolute Gasteiger partial charge is 0.322 e. The van der Waals surface area contributed by atoms with Crippen molar-refractivity contribution in [2.24, 2.45) is 0 Å². The summed E-state index contributed by atoms with van der Waals surface area (Å²) in [7, 11) is 0. The summed E-state index contributed by atoms with van der Waals surface area (Å²) >= 11 is 0. The van der Waals surface area contributed by atoms with Gasteiger partial charge in [-0.15, -0.1) is 0 Å². The summed E-state index contributed by atoms with van der Waals surface area (Å²) in [5, 5.41) is 8.17. The van der Waals surface area contributed by atoms with Gasteiger partial charge in [0.25, 0.3) is 0 Å². The maximum atomic E-state index is 14.2. The van der Waals surface area contributed by atoms with E-state index in [-0.39, 0.29) is 12.1 Å². The zero-order valence-corrected chi connectivity index (χ0v) is 21.9. The van der Waals surface area contributed by atoms with E-state index in [2.05, 4.69) is 78.5 Å². The highest BCUT2D eigenvalue weighted by atomic mass is 16.2. The molecule has 38 heavy (non-hydrogen) atoms. The normalized spacial score (nSPS) is 14.5. The molecule has 0 spiro atoms. The van der Waals surface area contributed by atoms with Crippen LogP contribution in [0.2, 0.25) is 0 Å². The molecule has 5 aromatic rings. The lowest BCUT2D eigenvalue weighted by molar-refractivity contribution is 0.194. The second-order valence-corrected chi connectivity index (χ2v) is 9.82. The molecule has 1 atom stereocenters. The van der Waals surface area contributed by atoms with Gasteiger partial charge in [-0.1, -0.05) is 73.2 Å². The van der Waals surface area contributed by atoms with Crippen molar-refractivity contribution in [3.63, 3.8) is 0 Å². The topological polar surface area (TPSA) is 55.1 Å². The number of amides is 2. The number of urea groups is 1. The lowest BCUT2D eigenvalue weighted by Gasteiger charge is -2.31. The number of aromatic nitrogens is 3. The zero-order valence-electron chi connectivity index (χ0n) is 21.9. The van der Waals surface area contributed by atoms with Crippen LogP contribution in [0, 0.1) is 13.8 Å². The summed E-state index contributed by atoms with van der Waals surface area (Å²) in [4.78, 5) is 16.1. The van der Waals surface area contributed by atoms with E-state index in [1.54, 1.807) is 0 Å². The summed E-state index contributed by atoms with van der Waals surface area (Å²) < 4.78 is 4.19. The molecule has 1 N–H and O–H groups in total. The Morgan fingerprint density at radius 3 is 2.53 bits per heavy atom. The van der Waals surface area contributed by atoms with Gasteiger partial charge < -0.3 is 14.8 Å². The average molecular weight is 502 g/mol. The van der Waals surface area contributed by atoms with Crippen LogP contribution in [0.5, 0.6) is 0 Å². The van der Waals surface area contributed by atoms with Crippen molar-refractivity contribution >= 4 is 11.7 Å². The maximum absolute atomic E-state index is 14.2. The molecule has 0 saturated carbocycles. The maximum Gasteiger partial charge on any atom is 0.322 e. The number of nitrogens with zero attached hydrogens (tertiary/aromatic N) is 4. The van der Waals surface area contributed by atoms with Gasteiger partial charge in [-0.3, -0.25) is 0 Å². The minimum absolute atomic E-state index is 0.134. The highest BCUT2D eigenvalue weighted by molar-refractivity contribution is 5.91. The number of carbonyl (C=O) groups excluding carboxylic acids is 1. The number of hydrogen-bond donors (Lipinski definition) is 1. The van der Waals surface area contributed by atoms with Gasteiger partial charge in [0.15, 0.2) is 0 Å². The van der Waals surface area contributed by atoms with Gasteiger partial charge in [-0.25, -0.2) is 9.48 Å². The van der Waals surface area contributed by atoms with Crippen LogP contribution >= 0.6 is 0 Å². The van der Waals surface area contributed by atoms with E-state index in [1.807, 2.05) is 59.0 Å². The van der Waals surface area contributed by atoms with Crippen LogP contribution in [0.1, 0.15) is 46.6 Å². The molecule has 0 unspecified atom stereocenters. The van der Waals surface area contributed by atoms with Crippen molar-refractivity contribution < 1.29 is 4.79 Å². The highest BCUT2D eigenvalue weighted by Gasteiger charge is 2.36. The third kappa shape index (κ3) is 4.08. The zero-order chi connectivity index (χ0) is 26.2. The Hall–Kier alpha value is -4.58. The van der Waals surface area contributed by atoms with Crippen molar-refractivity contribution in [3.8, 4) is 11.5 Å². The Morgan fingerprint density at radius 1 is 0.947 bits per heavy atom. The van der Waals surface area contributed by atoms with Crippen molar-refractivity contribution in [1.82, 2.24) is 19.2 Å². The molecule has 6 rings (SSSR count). The van der Waals surface area contributed by atoms with Crippen LogP contribution < -0.4 is 5.32 Å². The standard InChI is InChI=1S/C32H31N5O/c1-4-24-13-8-9-17-28(24)33-32(38)36-21-27-23(3)34-37(26-15-6-5-7-16-26)31(27)35-19-11-18-29(35)30(36)25-14-10-12-22(2)20-25/h5-20,30H,4,21H2,1-3H3,(H,33,38)/t30-/m1/s1. The lowest BCUT2D eigenvalue weighted by Crippen LogP contribution is -2.38. The number of rotatable bonds is 4. The SMILES string of the molecule is CCc1ccccc1NC(=O)N1Cc2c(C)nn(-c3ccccc3)c2-n2cccc2[C@H]1c1cccc(C)c1. The van der Waals surface area contributed by atoms with Crippen LogP contribution in [0.3, 0.4) is 0 Å². The predicted molar refractivity (Wildman–Crippen MR) is 151 cm³/mol. The van der Waals surface area contributed by atoms with Crippen LogP contribution in [-0.2, 0) is 13.0 Å². The number of anilines is 1. The van der Waals surface area contributed by atoms with E-state index in [9.17, 15) is 4.79 Å². The summed E-state index contributed by atoms with van der Waals surface area (Å²) in [5.41, 5.74) is 8.13. The summed E-state index contributed by atoms with van der Waals surface area (Å²) in [6.07, 6.45) is 2.92. The van der Waals surface area contributed by atoms with E-state index in [4.69, 9.17) is 5.10 Å². The fraction of sp³-hybridized carbons (Fsp3) is 0.188. The molecule has 0 aliphatic carbocycles. The first-order chi connectivity index (χ1) is 18.5. The summed E-state index contributed by atoms with van der Waals surface area (Å²) in [6, 6.07) is 30.4. The fourth-order valence-electron chi connectivity index (χ4n) is 5.48. The Kier molecular flexibility index (Phi) is 6.08. The van der Waals surface area contributed by atoms with Gasteiger partial charge in [-0.2, -0.15) is 5.10 Å². The number of carbonyl (C=O) groups is 1. The monoisotopic (exact) mass is 501 g/mol. The van der Waals surface area contributed by atoms with Crippen LogP contribution in [-0.4, -0.2) is 25.3 Å². The first kappa shape index (κ1) is 23.8. The first-order valence-electron chi connectivity index (χ1n) is 13.1. The molecule has 0 fully saturated rings. The molecule has 0 bridgehead atoms. The molecular weight excluding hydrogens is 470 g/mol. The smallest absolute Gasteiger partial charge is 0.308 e. The number of hydrogen-bond acceptors (Lipinski definition) is 2. The fourth-order valence-corrected chi connectivity index (χ4v) is 5.48. The Bertz CT molecular complexity index is 1610. The molecule has 3 heterocycles. The Balaban J connectivity index is 1.54. The van der Waals surface area contributed by atoms with Crippen molar-refractivity contribution in [1.29, 1.82) is 0 Å². The third-order valence-electron chi connectivity index (χ3n) is 7.35. The lowest BCUT2D eigenvalue weighted by atomic mass is 10.00. The minimum Gasteiger partial charge on any atom is -0.308 e. The molecule has 2 aromatic heterocycles. The molecule has 1 aliphatic rings. The van der Waals surface area contributed by atoms with Gasteiger partial charge in [0.05, 0.1) is 29.7 Å². The van der Waals surface area contributed by atoms with E-state index in [0.29, 0.717) is 6.54 Å². The van der Waals surface area contributed by atoms with Gasteiger partial charge >= 0.3 is 6.03 Å². The molecule has 3 aromatic carbocycles. The highest BCUT2D eigenvalue weighted by Crippen LogP contribution is 2.39. The van der Waals surface area contributed by atoms with E-state index in [1.165, 1.54) is 0 Å². The Labute approximate surface area is 223 Å². The molecule has 0 saturated heterocycles. The van der Waals surface area contributed by atoms with Crippen LogP contribution in [0.15, 0.2) is 97.2 Å². The third-order valence-corrected chi connectivity index (χ3v) is 7.35. The molecule has 190 valence electrons. The molecule has 6 nitrogen and oxygen atoms in total. The second kappa shape index (κ2) is 9.71. The molecule has 6 heteroatoms. The van der Waals surface area contributed by atoms with Crippen molar-refractivity contribution in [2.75, 3.05) is 5.32 Å². The van der Waals surface area contributed by atoms with E-state index in [0.717, 1.165) is 57.3 Å². The molecule has 2 amide bonds. The number of aryl methyl sites for hydroxylation is 3. The summed E-state index contributed by atoms with van der Waals surface area (Å²) in [5.74, 6) is 0.968. The van der Waals surface area contributed by atoms with E-state index < -0.39 is 0 Å². The van der Waals surface area contributed by atoms with E-state index >= 15 is 0 Å². The number of nitrogens with one attached hydrogen (secondary N) is 1. The summed E-state index contributed by atoms with van der Waals surface area (Å²) in [6.45, 7) is 6.64. The van der Waals surface area contributed by atoms with Gasteiger partial charge in [0.2, 0.25) is 0 Å². The number of para-hydroxylation sites is 2.